The van der Waals surface area contributed by atoms with Crippen LogP contribution < -0.4 is 14.2 Å². The Morgan fingerprint density at radius 3 is 2.15 bits per heavy atom. The van der Waals surface area contributed by atoms with E-state index in [2.05, 4.69) is 24.4 Å². The van der Waals surface area contributed by atoms with E-state index in [-0.39, 0.29) is 0 Å². The van der Waals surface area contributed by atoms with Gasteiger partial charge < -0.3 is 9.15 Å². The van der Waals surface area contributed by atoms with Crippen molar-refractivity contribution >= 4 is 44.4 Å². The van der Waals surface area contributed by atoms with Gasteiger partial charge in [0.05, 0.1) is 11.4 Å². The molecule has 0 bridgehead atoms. The molecular formula is C23H16ClN5O4S. The first kappa shape index (κ1) is 21.7. The SMILES string of the molecule is O=S(=O)(Nc1ccc(Oc2ccnc3ocnc23)cc1)Nc1ccc(-c2ccc(Cl)nc2)cc1. The van der Waals surface area contributed by atoms with E-state index in [0.29, 0.717) is 39.3 Å². The Kier molecular flexibility index (Phi) is 5.74. The van der Waals surface area contributed by atoms with Gasteiger partial charge in [-0.3, -0.25) is 9.44 Å². The van der Waals surface area contributed by atoms with Crippen LogP contribution in [0.1, 0.15) is 0 Å². The predicted octanol–water partition coefficient (Wildman–Crippen LogP) is 5.50. The second-order valence-electron chi connectivity index (χ2n) is 7.10. The fraction of sp³-hybridized carbons (Fsp3) is 0. The van der Waals surface area contributed by atoms with E-state index >= 15 is 0 Å². The molecule has 0 aliphatic heterocycles. The first-order chi connectivity index (χ1) is 16.4. The minimum Gasteiger partial charge on any atom is -0.455 e. The van der Waals surface area contributed by atoms with Gasteiger partial charge in [-0.15, -0.1) is 0 Å². The molecule has 0 aliphatic carbocycles. The number of hydrogen-bond acceptors (Lipinski definition) is 7. The third-order valence-corrected chi connectivity index (χ3v) is 5.96. The number of oxazole rings is 1. The molecule has 0 saturated carbocycles. The van der Waals surface area contributed by atoms with E-state index < -0.39 is 10.2 Å². The maximum absolute atomic E-state index is 12.6. The summed E-state index contributed by atoms with van der Waals surface area (Å²) in [6.07, 6.45) is 4.49. The molecule has 3 heterocycles. The number of pyridine rings is 2. The monoisotopic (exact) mass is 493 g/mol. The predicted molar refractivity (Wildman–Crippen MR) is 129 cm³/mol. The topological polar surface area (TPSA) is 119 Å². The van der Waals surface area contributed by atoms with Gasteiger partial charge >= 0.3 is 10.2 Å². The molecule has 0 aliphatic rings. The Balaban J connectivity index is 1.24. The third kappa shape index (κ3) is 4.92. The summed E-state index contributed by atoms with van der Waals surface area (Å²) < 4.78 is 41.1. The molecule has 170 valence electrons. The van der Waals surface area contributed by atoms with Crippen LogP contribution in [0.25, 0.3) is 22.4 Å². The zero-order valence-electron chi connectivity index (χ0n) is 17.3. The summed E-state index contributed by atoms with van der Waals surface area (Å²) >= 11 is 5.82. The minimum atomic E-state index is -3.87. The average Bonchev–Trinajstić information content (AvgIpc) is 3.31. The zero-order valence-corrected chi connectivity index (χ0v) is 18.9. The lowest BCUT2D eigenvalue weighted by Crippen LogP contribution is -2.21. The van der Waals surface area contributed by atoms with Crippen molar-refractivity contribution in [2.75, 3.05) is 9.44 Å². The summed E-state index contributed by atoms with van der Waals surface area (Å²) in [5.74, 6) is 0.977. The van der Waals surface area contributed by atoms with E-state index in [1.165, 1.54) is 6.39 Å². The van der Waals surface area contributed by atoms with Crippen LogP contribution in [0, 0.1) is 0 Å². The van der Waals surface area contributed by atoms with Crippen LogP contribution in [0.5, 0.6) is 11.5 Å². The Morgan fingerprint density at radius 2 is 1.47 bits per heavy atom. The maximum Gasteiger partial charge on any atom is 0.321 e. The van der Waals surface area contributed by atoms with Crippen LogP contribution in [-0.2, 0) is 10.2 Å². The van der Waals surface area contributed by atoms with E-state index in [1.54, 1.807) is 73.1 Å². The molecular weight excluding hydrogens is 478 g/mol. The lowest BCUT2D eigenvalue weighted by molar-refractivity contribution is 0.486. The third-order valence-electron chi connectivity index (χ3n) is 4.73. The molecule has 5 aromatic rings. The van der Waals surface area contributed by atoms with Crippen LogP contribution in [0.2, 0.25) is 5.15 Å². The summed E-state index contributed by atoms with van der Waals surface area (Å²) in [4.78, 5) is 12.2. The molecule has 2 N–H and O–H groups in total. The summed E-state index contributed by atoms with van der Waals surface area (Å²) in [7, 11) is -3.87. The lowest BCUT2D eigenvalue weighted by Gasteiger charge is -2.12. The van der Waals surface area contributed by atoms with Crippen molar-refractivity contribution < 1.29 is 17.6 Å². The lowest BCUT2D eigenvalue weighted by atomic mass is 10.1. The number of hydrogen-bond donors (Lipinski definition) is 2. The van der Waals surface area contributed by atoms with Crippen LogP contribution in [0.3, 0.4) is 0 Å². The average molecular weight is 494 g/mol. The number of benzene rings is 2. The van der Waals surface area contributed by atoms with Crippen molar-refractivity contribution in [2.45, 2.75) is 0 Å². The van der Waals surface area contributed by atoms with E-state index in [9.17, 15) is 8.42 Å². The summed E-state index contributed by atoms with van der Waals surface area (Å²) in [5, 5.41) is 0.406. The summed E-state index contributed by atoms with van der Waals surface area (Å²) in [6.45, 7) is 0. The highest BCUT2D eigenvalue weighted by Gasteiger charge is 2.12. The largest absolute Gasteiger partial charge is 0.455 e. The molecule has 0 fully saturated rings. The number of rotatable bonds is 7. The summed E-state index contributed by atoms with van der Waals surface area (Å²) in [5.41, 5.74) is 3.39. The van der Waals surface area contributed by atoms with Crippen molar-refractivity contribution in [3.05, 3.63) is 90.7 Å². The molecule has 11 heteroatoms. The highest BCUT2D eigenvalue weighted by molar-refractivity contribution is 7.94. The molecule has 0 amide bonds. The Labute approximate surface area is 199 Å². The van der Waals surface area contributed by atoms with Crippen molar-refractivity contribution in [1.29, 1.82) is 0 Å². The van der Waals surface area contributed by atoms with E-state index in [4.69, 9.17) is 20.8 Å². The highest BCUT2D eigenvalue weighted by Crippen LogP contribution is 2.28. The second-order valence-corrected chi connectivity index (χ2v) is 8.90. The van der Waals surface area contributed by atoms with Crippen LogP contribution in [0.4, 0.5) is 11.4 Å². The molecule has 2 aromatic carbocycles. The van der Waals surface area contributed by atoms with Gasteiger partial charge in [0.1, 0.15) is 10.9 Å². The Bertz CT molecular complexity index is 1540. The number of ether oxygens (including phenoxy) is 1. The van der Waals surface area contributed by atoms with Gasteiger partial charge in [-0.05, 0) is 54.1 Å². The van der Waals surface area contributed by atoms with Crippen LogP contribution in [-0.4, -0.2) is 23.4 Å². The van der Waals surface area contributed by atoms with E-state index in [0.717, 1.165) is 11.1 Å². The van der Waals surface area contributed by atoms with Crippen molar-refractivity contribution in [1.82, 2.24) is 15.0 Å². The standard InChI is InChI=1S/C23H16ClN5O4S/c24-21-10-3-16(13-26-21)15-1-4-17(5-2-15)28-34(30,31)29-18-6-8-19(9-7-18)33-20-11-12-25-23-22(20)27-14-32-23/h1-14,28-29H. The van der Waals surface area contributed by atoms with Gasteiger partial charge in [0.25, 0.3) is 5.71 Å². The maximum atomic E-state index is 12.6. The van der Waals surface area contributed by atoms with Crippen molar-refractivity contribution in [3.63, 3.8) is 0 Å². The van der Waals surface area contributed by atoms with Gasteiger partial charge in [0.2, 0.25) is 0 Å². The molecule has 0 unspecified atom stereocenters. The Morgan fingerprint density at radius 1 is 0.794 bits per heavy atom. The molecule has 34 heavy (non-hydrogen) atoms. The minimum absolute atomic E-state index is 0.366. The molecule has 9 nitrogen and oxygen atoms in total. The van der Waals surface area contributed by atoms with Crippen LogP contribution >= 0.6 is 11.6 Å². The van der Waals surface area contributed by atoms with Crippen molar-refractivity contribution in [3.8, 4) is 22.6 Å². The summed E-state index contributed by atoms with van der Waals surface area (Å²) in [6, 6.07) is 18.6. The molecule has 0 spiro atoms. The molecule has 0 atom stereocenters. The fourth-order valence-corrected chi connectivity index (χ4v) is 4.22. The number of aromatic nitrogens is 3. The molecule has 5 rings (SSSR count). The van der Waals surface area contributed by atoms with Gasteiger partial charge in [-0.1, -0.05) is 23.7 Å². The first-order valence-electron chi connectivity index (χ1n) is 9.94. The number of nitrogens with one attached hydrogen (secondary N) is 2. The second kappa shape index (κ2) is 9.00. The van der Waals surface area contributed by atoms with Gasteiger partial charge in [0.15, 0.2) is 17.7 Å². The van der Waals surface area contributed by atoms with Crippen molar-refractivity contribution in [2.24, 2.45) is 0 Å². The Hall–Kier alpha value is -4.15. The number of fused-ring (bicyclic) bond motifs is 1. The smallest absolute Gasteiger partial charge is 0.321 e. The number of anilines is 2. The normalized spacial score (nSPS) is 11.3. The van der Waals surface area contributed by atoms with Gasteiger partial charge in [-0.2, -0.15) is 8.42 Å². The quantitative estimate of drug-likeness (QED) is 0.287. The van der Waals surface area contributed by atoms with Gasteiger partial charge in [-0.25, -0.2) is 15.0 Å². The molecule has 0 radical (unpaired) electrons. The molecule has 3 aromatic heterocycles. The van der Waals surface area contributed by atoms with Gasteiger partial charge in [0, 0.05) is 24.0 Å². The highest BCUT2D eigenvalue weighted by atomic mass is 35.5. The first-order valence-corrected chi connectivity index (χ1v) is 11.8. The zero-order chi connectivity index (χ0) is 23.5. The number of nitrogens with zero attached hydrogens (tertiary/aromatic N) is 3. The number of halogens is 1. The van der Waals surface area contributed by atoms with Crippen LogP contribution in [0.15, 0.2) is 89.9 Å². The van der Waals surface area contributed by atoms with E-state index in [1.807, 2.05) is 6.07 Å². The fourth-order valence-electron chi connectivity index (χ4n) is 3.17. The molecule has 0 saturated heterocycles.